The molecule has 2 amide bonds. The monoisotopic (exact) mass is 291 g/mol. The van der Waals surface area contributed by atoms with E-state index in [1.165, 1.54) is 0 Å². The smallest absolute Gasteiger partial charge is 0.234 e. The maximum Gasteiger partial charge on any atom is 0.234 e. The number of furan rings is 1. The molecule has 0 bridgehead atoms. The average Bonchev–Trinajstić information content (AvgIpc) is 2.80. The van der Waals surface area contributed by atoms with Crippen LogP contribution >= 0.6 is 9.24 Å². The molecule has 0 aliphatic carbocycles. The molecule has 1 aromatic carbocycles. The van der Waals surface area contributed by atoms with Crippen LogP contribution in [0.2, 0.25) is 0 Å². The van der Waals surface area contributed by atoms with E-state index in [-0.39, 0.29) is 17.7 Å². The summed E-state index contributed by atoms with van der Waals surface area (Å²) in [7, 11) is 4.18. The van der Waals surface area contributed by atoms with Crippen LogP contribution in [0.4, 0.5) is 0 Å². The molecule has 1 aromatic heterocycles. The molecule has 1 aliphatic rings. The number of piperidine rings is 1. The van der Waals surface area contributed by atoms with Gasteiger partial charge in [-0.2, -0.15) is 0 Å². The van der Waals surface area contributed by atoms with E-state index in [9.17, 15) is 9.59 Å². The summed E-state index contributed by atoms with van der Waals surface area (Å²) in [6.45, 7) is 0. The molecule has 0 spiro atoms. The molecule has 6 heteroatoms. The van der Waals surface area contributed by atoms with Gasteiger partial charge in [-0.15, -0.1) is 9.24 Å². The van der Waals surface area contributed by atoms with E-state index in [0.717, 1.165) is 22.0 Å². The quantitative estimate of drug-likeness (QED) is 0.672. The van der Waals surface area contributed by atoms with Gasteiger partial charge in [0.05, 0.1) is 19.3 Å². The third-order valence-electron chi connectivity index (χ3n) is 3.57. The third-order valence-corrected chi connectivity index (χ3v) is 4.02. The Labute approximate surface area is 117 Å². The highest BCUT2D eigenvalue weighted by Gasteiger charge is 2.30. The highest BCUT2D eigenvalue weighted by Crippen LogP contribution is 2.34. The van der Waals surface area contributed by atoms with Crippen LogP contribution in [-0.4, -0.2) is 18.9 Å². The number of methoxy groups -OCH3 is 1. The Balaban J connectivity index is 2.08. The number of nitrogens with one attached hydrogen (secondary N) is 1. The number of imide groups is 1. The lowest BCUT2D eigenvalue weighted by Crippen LogP contribution is -2.39. The van der Waals surface area contributed by atoms with Crippen molar-refractivity contribution in [3.63, 3.8) is 0 Å². The molecule has 3 rings (SSSR count). The van der Waals surface area contributed by atoms with Crippen LogP contribution in [0.15, 0.2) is 22.8 Å². The van der Waals surface area contributed by atoms with Crippen LogP contribution in [0.5, 0.6) is 5.75 Å². The number of hydrogen-bond donors (Lipinski definition) is 1. The highest BCUT2D eigenvalue weighted by molar-refractivity contribution is 7.27. The lowest BCUT2D eigenvalue weighted by Gasteiger charge is -2.20. The minimum absolute atomic E-state index is 0.219. The fraction of sp³-hybridized carbons (Fsp3) is 0.286. The van der Waals surface area contributed by atoms with Gasteiger partial charge in [0.1, 0.15) is 11.3 Å². The van der Waals surface area contributed by atoms with Crippen molar-refractivity contribution in [2.75, 3.05) is 7.11 Å². The van der Waals surface area contributed by atoms with Crippen LogP contribution < -0.4 is 15.4 Å². The molecule has 1 N–H and O–H groups in total. The van der Waals surface area contributed by atoms with Crippen molar-refractivity contribution in [3.05, 3.63) is 24.0 Å². The number of fused-ring (bicyclic) bond motifs is 1. The zero-order valence-corrected chi connectivity index (χ0v) is 12.1. The second kappa shape index (κ2) is 4.91. The van der Waals surface area contributed by atoms with Crippen molar-refractivity contribution in [3.8, 4) is 5.75 Å². The van der Waals surface area contributed by atoms with Gasteiger partial charge >= 0.3 is 0 Å². The number of carbonyl (C=O) groups is 2. The first-order valence-corrected chi connectivity index (χ1v) is 6.86. The normalized spacial score (nSPS) is 19.2. The summed E-state index contributed by atoms with van der Waals surface area (Å²) >= 11 is 0. The highest BCUT2D eigenvalue weighted by atomic mass is 31.0. The molecular formula is C14H14NO4P. The van der Waals surface area contributed by atoms with Crippen molar-refractivity contribution in [2.24, 2.45) is 0 Å². The summed E-state index contributed by atoms with van der Waals surface area (Å²) in [6.07, 6.45) is 2.44. The molecule has 0 radical (unpaired) electrons. The number of rotatable bonds is 2. The number of hydrogen-bond acceptors (Lipinski definition) is 4. The van der Waals surface area contributed by atoms with Crippen LogP contribution in [0.25, 0.3) is 11.0 Å². The van der Waals surface area contributed by atoms with E-state index >= 15 is 0 Å². The first-order valence-electron chi connectivity index (χ1n) is 6.28. The van der Waals surface area contributed by atoms with Gasteiger partial charge in [0.2, 0.25) is 11.8 Å². The summed E-state index contributed by atoms with van der Waals surface area (Å²) < 4.78 is 10.8. The van der Waals surface area contributed by atoms with Gasteiger partial charge in [0.15, 0.2) is 0 Å². The summed E-state index contributed by atoms with van der Waals surface area (Å²) in [5.41, 5.74) is 1.50. The molecule has 5 nitrogen and oxygen atoms in total. The maximum absolute atomic E-state index is 12.0. The van der Waals surface area contributed by atoms with Gasteiger partial charge in [-0.3, -0.25) is 14.9 Å². The van der Waals surface area contributed by atoms with E-state index in [2.05, 4.69) is 14.6 Å². The van der Waals surface area contributed by atoms with Gasteiger partial charge in [0.25, 0.3) is 0 Å². The SMILES string of the molecule is COc1cc2c(C3CCC(=O)NC3=O)coc2cc1P. The molecule has 20 heavy (non-hydrogen) atoms. The lowest BCUT2D eigenvalue weighted by atomic mass is 9.90. The Morgan fingerprint density at radius 1 is 1.40 bits per heavy atom. The Bertz CT molecular complexity index is 707. The van der Waals surface area contributed by atoms with Gasteiger partial charge in [-0.25, -0.2) is 0 Å². The zero-order valence-electron chi connectivity index (χ0n) is 10.9. The Hall–Kier alpha value is -1.87. The Morgan fingerprint density at radius 2 is 2.20 bits per heavy atom. The van der Waals surface area contributed by atoms with Gasteiger partial charge < -0.3 is 9.15 Å². The van der Waals surface area contributed by atoms with E-state index in [1.807, 2.05) is 12.1 Å². The van der Waals surface area contributed by atoms with E-state index in [1.54, 1.807) is 13.4 Å². The number of benzene rings is 1. The summed E-state index contributed by atoms with van der Waals surface area (Å²) in [6, 6.07) is 3.72. The van der Waals surface area contributed by atoms with Crippen LogP contribution in [-0.2, 0) is 9.59 Å². The molecule has 2 atom stereocenters. The van der Waals surface area contributed by atoms with Crippen LogP contribution in [0, 0.1) is 0 Å². The average molecular weight is 291 g/mol. The molecule has 0 saturated carbocycles. The number of ether oxygens (including phenoxy) is 1. The van der Waals surface area contributed by atoms with Gasteiger partial charge in [-0.05, 0) is 18.6 Å². The van der Waals surface area contributed by atoms with Crippen molar-refractivity contribution in [1.29, 1.82) is 0 Å². The zero-order chi connectivity index (χ0) is 14.3. The molecule has 1 fully saturated rings. The first kappa shape index (κ1) is 13.1. The van der Waals surface area contributed by atoms with Crippen LogP contribution in [0.1, 0.15) is 24.3 Å². The predicted octanol–water partition coefficient (Wildman–Crippen LogP) is 1.46. The fourth-order valence-electron chi connectivity index (χ4n) is 2.53. The Morgan fingerprint density at radius 3 is 2.90 bits per heavy atom. The second-order valence-corrected chi connectivity index (χ2v) is 5.41. The molecule has 2 unspecified atom stereocenters. The molecule has 1 saturated heterocycles. The molecule has 1 aliphatic heterocycles. The topological polar surface area (TPSA) is 68.5 Å². The molecule has 104 valence electrons. The van der Waals surface area contributed by atoms with Crippen molar-refractivity contribution >= 4 is 37.3 Å². The molecule has 2 heterocycles. The number of amides is 2. The van der Waals surface area contributed by atoms with Crippen molar-refractivity contribution in [1.82, 2.24) is 5.32 Å². The Kier molecular flexibility index (Phi) is 3.22. The van der Waals surface area contributed by atoms with E-state index < -0.39 is 0 Å². The summed E-state index contributed by atoms with van der Waals surface area (Å²) in [4.78, 5) is 23.2. The van der Waals surface area contributed by atoms with E-state index in [4.69, 9.17) is 9.15 Å². The number of carbonyl (C=O) groups excluding carboxylic acids is 2. The lowest BCUT2D eigenvalue weighted by molar-refractivity contribution is -0.134. The van der Waals surface area contributed by atoms with E-state index in [0.29, 0.717) is 18.4 Å². The minimum Gasteiger partial charge on any atom is -0.496 e. The minimum atomic E-state index is -0.353. The second-order valence-electron chi connectivity index (χ2n) is 4.79. The fourth-order valence-corrected chi connectivity index (χ4v) is 2.88. The maximum atomic E-state index is 12.0. The summed E-state index contributed by atoms with van der Waals surface area (Å²) in [5, 5.41) is 4.11. The van der Waals surface area contributed by atoms with Gasteiger partial charge in [0, 0.05) is 22.7 Å². The third kappa shape index (κ3) is 2.08. The van der Waals surface area contributed by atoms with Crippen LogP contribution in [0.3, 0.4) is 0 Å². The predicted molar refractivity (Wildman–Crippen MR) is 77.2 cm³/mol. The van der Waals surface area contributed by atoms with Gasteiger partial charge in [-0.1, -0.05) is 0 Å². The van der Waals surface area contributed by atoms with Crippen molar-refractivity contribution in [2.45, 2.75) is 18.8 Å². The standard InChI is InChI=1S/C14H14NO4P/c1-18-11-4-8-9(6-19-10(8)5-12(11)20)7-2-3-13(16)15-14(7)17/h4-7H,2-3,20H2,1H3,(H,15,16,17). The molecular weight excluding hydrogens is 277 g/mol. The molecule has 2 aromatic rings. The summed E-state index contributed by atoms with van der Waals surface area (Å²) in [5.74, 6) is -0.117. The van der Waals surface area contributed by atoms with Crippen molar-refractivity contribution < 1.29 is 18.7 Å². The largest absolute Gasteiger partial charge is 0.496 e. The first-order chi connectivity index (χ1) is 9.60.